The minimum Gasteiger partial charge on any atom is -0.508 e. The Hall–Kier alpha value is -1.75. The number of methoxy groups -OCH3 is 1. The summed E-state index contributed by atoms with van der Waals surface area (Å²) < 4.78 is 9.45. The molecule has 0 radical (unpaired) electrons. The standard InChI is InChI=1S/C8H8O4.C5H10O/c1-12-8(11)5-2-6(9)4-7(10)3-5;1-2-4-6-5-3-1/h2-4,9-10H,1H3;1-5H2. The highest BCUT2D eigenvalue weighted by molar-refractivity contribution is 5.90. The Labute approximate surface area is 106 Å². The first kappa shape index (κ1) is 14.3. The fourth-order valence-corrected chi connectivity index (χ4v) is 1.52. The average Bonchev–Trinajstić information content (AvgIpc) is 2.39. The van der Waals surface area contributed by atoms with Crippen molar-refractivity contribution in [3.63, 3.8) is 0 Å². The summed E-state index contributed by atoms with van der Waals surface area (Å²) in [4.78, 5) is 10.9. The van der Waals surface area contributed by atoms with E-state index in [1.807, 2.05) is 0 Å². The van der Waals surface area contributed by atoms with Crippen LogP contribution in [0, 0.1) is 0 Å². The quantitative estimate of drug-likeness (QED) is 0.750. The maximum absolute atomic E-state index is 10.9. The van der Waals surface area contributed by atoms with E-state index in [2.05, 4.69) is 4.74 Å². The number of esters is 1. The zero-order chi connectivity index (χ0) is 13.4. The van der Waals surface area contributed by atoms with Crippen molar-refractivity contribution in [2.75, 3.05) is 20.3 Å². The molecule has 100 valence electrons. The minimum atomic E-state index is -0.596. The van der Waals surface area contributed by atoms with Gasteiger partial charge in [0.05, 0.1) is 12.7 Å². The van der Waals surface area contributed by atoms with Gasteiger partial charge in [0, 0.05) is 19.3 Å². The third kappa shape index (κ3) is 5.05. The van der Waals surface area contributed by atoms with E-state index in [-0.39, 0.29) is 17.1 Å². The fourth-order valence-electron chi connectivity index (χ4n) is 1.52. The van der Waals surface area contributed by atoms with Gasteiger partial charge in [-0.3, -0.25) is 0 Å². The van der Waals surface area contributed by atoms with Crippen LogP contribution in [0.5, 0.6) is 11.5 Å². The normalized spacial score (nSPS) is 14.3. The lowest BCUT2D eigenvalue weighted by molar-refractivity contribution is 0.0600. The number of ether oxygens (including phenoxy) is 2. The Morgan fingerprint density at radius 3 is 2.00 bits per heavy atom. The van der Waals surface area contributed by atoms with Gasteiger partial charge in [0.15, 0.2) is 0 Å². The van der Waals surface area contributed by atoms with Crippen LogP contribution in [-0.2, 0) is 9.47 Å². The topological polar surface area (TPSA) is 76.0 Å². The van der Waals surface area contributed by atoms with Gasteiger partial charge in [-0.25, -0.2) is 4.79 Å². The molecule has 0 unspecified atom stereocenters. The summed E-state index contributed by atoms with van der Waals surface area (Å²) in [5, 5.41) is 17.9. The van der Waals surface area contributed by atoms with Crippen LogP contribution in [0.2, 0.25) is 0 Å². The van der Waals surface area contributed by atoms with Gasteiger partial charge in [-0.15, -0.1) is 0 Å². The molecular formula is C13H18O5. The molecule has 1 aliphatic rings. The Morgan fingerprint density at radius 2 is 1.67 bits per heavy atom. The highest BCUT2D eigenvalue weighted by Crippen LogP contribution is 2.20. The van der Waals surface area contributed by atoms with Crippen LogP contribution in [0.3, 0.4) is 0 Å². The van der Waals surface area contributed by atoms with Crippen LogP contribution in [0.1, 0.15) is 29.6 Å². The average molecular weight is 254 g/mol. The third-order valence-electron chi connectivity index (χ3n) is 2.40. The summed E-state index contributed by atoms with van der Waals surface area (Å²) in [5.74, 6) is -0.938. The summed E-state index contributed by atoms with van der Waals surface area (Å²) in [7, 11) is 1.23. The van der Waals surface area contributed by atoms with Crippen LogP contribution in [0.25, 0.3) is 0 Å². The molecule has 0 atom stereocenters. The molecule has 0 aromatic heterocycles. The first-order valence-electron chi connectivity index (χ1n) is 5.82. The zero-order valence-corrected chi connectivity index (χ0v) is 10.4. The molecule has 1 heterocycles. The van der Waals surface area contributed by atoms with Crippen molar-refractivity contribution >= 4 is 5.97 Å². The molecule has 0 amide bonds. The molecular weight excluding hydrogens is 236 g/mol. The second-order valence-electron chi connectivity index (χ2n) is 3.90. The lowest BCUT2D eigenvalue weighted by Gasteiger charge is -2.08. The molecule has 1 saturated heterocycles. The lowest BCUT2D eigenvalue weighted by atomic mass is 10.2. The highest BCUT2D eigenvalue weighted by atomic mass is 16.5. The molecule has 1 aliphatic heterocycles. The van der Waals surface area contributed by atoms with Gasteiger partial charge < -0.3 is 19.7 Å². The van der Waals surface area contributed by atoms with E-state index in [4.69, 9.17) is 14.9 Å². The van der Waals surface area contributed by atoms with Crippen LogP contribution in [-0.4, -0.2) is 36.5 Å². The number of rotatable bonds is 1. The zero-order valence-electron chi connectivity index (χ0n) is 10.4. The molecule has 0 bridgehead atoms. The highest BCUT2D eigenvalue weighted by Gasteiger charge is 2.07. The predicted molar refractivity (Wildman–Crippen MR) is 65.8 cm³/mol. The van der Waals surface area contributed by atoms with Gasteiger partial charge in [0.2, 0.25) is 0 Å². The summed E-state index contributed by atoms with van der Waals surface area (Å²) in [6, 6.07) is 3.56. The van der Waals surface area contributed by atoms with Crippen LogP contribution in [0.4, 0.5) is 0 Å². The minimum absolute atomic E-state index is 0.120. The van der Waals surface area contributed by atoms with E-state index in [1.54, 1.807) is 0 Å². The molecule has 5 heteroatoms. The van der Waals surface area contributed by atoms with E-state index in [0.717, 1.165) is 19.3 Å². The molecule has 1 fully saturated rings. The maximum Gasteiger partial charge on any atom is 0.338 e. The Kier molecular flexibility index (Phi) is 6.00. The number of benzene rings is 1. The number of phenols is 2. The van der Waals surface area contributed by atoms with Crippen molar-refractivity contribution in [2.24, 2.45) is 0 Å². The molecule has 2 N–H and O–H groups in total. The van der Waals surface area contributed by atoms with Crippen molar-refractivity contribution in [1.29, 1.82) is 0 Å². The Morgan fingerprint density at radius 1 is 1.11 bits per heavy atom. The monoisotopic (exact) mass is 254 g/mol. The van der Waals surface area contributed by atoms with Crippen LogP contribution < -0.4 is 0 Å². The van der Waals surface area contributed by atoms with E-state index < -0.39 is 5.97 Å². The van der Waals surface area contributed by atoms with Crippen LogP contribution >= 0.6 is 0 Å². The largest absolute Gasteiger partial charge is 0.508 e. The van der Waals surface area contributed by atoms with Crippen LogP contribution in [0.15, 0.2) is 18.2 Å². The van der Waals surface area contributed by atoms with Crippen molar-refractivity contribution in [1.82, 2.24) is 0 Å². The van der Waals surface area contributed by atoms with E-state index in [1.165, 1.54) is 38.5 Å². The number of carbonyl (C=O) groups excluding carboxylic acids is 1. The first-order chi connectivity index (χ1) is 8.63. The van der Waals surface area contributed by atoms with Gasteiger partial charge in [0.1, 0.15) is 11.5 Å². The smallest absolute Gasteiger partial charge is 0.338 e. The molecule has 5 nitrogen and oxygen atoms in total. The SMILES string of the molecule is C1CCOCC1.COC(=O)c1cc(O)cc(O)c1. The van der Waals surface area contributed by atoms with E-state index >= 15 is 0 Å². The van der Waals surface area contributed by atoms with Gasteiger partial charge >= 0.3 is 5.97 Å². The third-order valence-corrected chi connectivity index (χ3v) is 2.40. The molecule has 0 spiro atoms. The van der Waals surface area contributed by atoms with Gasteiger partial charge in [-0.2, -0.15) is 0 Å². The van der Waals surface area contributed by atoms with Crippen molar-refractivity contribution in [3.05, 3.63) is 23.8 Å². The number of carbonyl (C=O) groups is 1. The summed E-state index contributed by atoms with van der Waals surface area (Å²) in [6.45, 7) is 2.00. The van der Waals surface area contributed by atoms with Crippen molar-refractivity contribution < 1.29 is 24.5 Å². The molecule has 18 heavy (non-hydrogen) atoms. The van der Waals surface area contributed by atoms with Crippen molar-refractivity contribution in [2.45, 2.75) is 19.3 Å². The number of phenolic OH excluding ortho intramolecular Hbond substituents is 2. The van der Waals surface area contributed by atoms with Gasteiger partial charge in [-0.05, 0) is 31.4 Å². The first-order valence-corrected chi connectivity index (χ1v) is 5.82. The number of aromatic hydroxyl groups is 2. The molecule has 0 saturated carbocycles. The predicted octanol–water partition coefficient (Wildman–Crippen LogP) is 2.07. The van der Waals surface area contributed by atoms with Gasteiger partial charge in [0.25, 0.3) is 0 Å². The Balaban J connectivity index is 0.000000225. The summed E-state index contributed by atoms with van der Waals surface area (Å²) >= 11 is 0. The van der Waals surface area contributed by atoms with E-state index in [9.17, 15) is 4.79 Å². The number of hydrogen-bond acceptors (Lipinski definition) is 5. The number of hydrogen-bond donors (Lipinski definition) is 2. The molecule has 1 aromatic carbocycles. The molecule has 0 aliphatic carbocycles. The van der Waals surface area contributed by atoms with E-state index in [0.29, 0.717) is 0 Å². The van der Waals surface area contributed by atoms with Gasteiger partial charge in [-0.1, -0.05) is 0 Å². The second kappa shape index (κ2) is 7.55. The fraction of sp³-hybridized carbons (Fsp3) is 0.462. The molecule has 1 aromatic rings. The second-order valence-corrected chi connectivity index (χ2v) is 3.90. The maximum atomic E-state index is 10.9. The molecule has 2 rings (SSSR count). The summed E-state index contributed by atoms with van der Waals surface area (Å²) in [5.41, 5.74) is 0.120. The van der Waals surface area contributed by atoms with Crippen molar-refractivity contribution in [3.8, 4) is 11.5 Å². The Bertz CT molecular complexity index is 353. The lowest BCUT2D eigenvalue weighted by Crippen LogP contribution is -2.03. The summed E-state index contributed by atoms with van der Waals surface area (Å²) in [6.07, 6.45) is 3.93.